The molecule has 0 bridgehead atoms. The van der Waals surface area contributed by atoms with Crippen LogP contribution in [0.4, 0.5) is 0 Å². The van der Waals surface area contributed by atoms with Crippen LogP contribution in [0, 0.1) is 3.70 Å². The molecule has 0 saturated heterocycles. The Morgan fingerprint density at radius 3 is 2.71 bits per heavy atom. The fourth-order valence-corrected chi connectivity index (χ4v) is 2.55. The standard InChI is InChI=1S/C12H7ClIN3/c13-10-6-3-7-11(15-10)17-9-5-2-1-4-8(9)12(14)16-17/h1-7H. The van der Waals surface area contributed by atoms with Gasteiger partial charge in [-0.3, -0.25) is 0 Å². The Kier molecular flexibility index (Phi) is 2.76. The molecule has 0 aliphatic heterocycles. The molecule has 3 rings (SSSR count). The van der Waals surface area contributed by atoms with Crippen molar-refractivity contribution in [2.24, 2.45) is 0 Å². The van der Waals surface area contributed by atoms with Gasteiger partial charge >= 0.3 is 0 Å². The fourth-order valence-electron chi connectivity index (χ4n) is 1.72. The van der Waals surface area contributed by atoms with Crippen LogP contribution in [-0.2, 0) is 0 Å². The molecule has 2 heterocycles. The first-order chi connectivity index (χ1) is 8.25. The molecule has 0 saturated carbocycles. The minimum atomic E-state index is 0.470. The summed E-state index contributed by atoms with van der Waals surface area (Å²) in [7, 11) is 0. The van der Waals surface area contributed by atoms with Crippen molar-refractivity contribution in [3.05, 3.63) is 51.3 Å². The first-order valence-electron chi connectivity index (χ1n) is 5.02. The van der Waals surface area contributed by atoms with Crippen LogP contribution < -0.4 is 0 Å². The molecule has 3 aromatic rings. The number of para-hydroxylation sites is 1. The van der Waals surface area contributed by atoms with Gasteiger partial charge in [-0.15, -0.1) is 0 Å². The van der Waals surface area contributed by atoms with E-state index in [1.165, 1.54) is 0 Å². The van der Waals surface area contributed by atoms with Gasteiger partial charge in [0.15, 0.2) is 5.82 Å². The lowest BCUT2D eigenvalue weighted by Crippen LogP contribution is -1.99. The van der Waals surface area contributed by atoms with Crippen molar-refractivity contribution in [3.8, 4) is 5.82 Å². The van der Waals surface area contributed by atoms with E-state index in [0.29, 0.717) is 5.15 Å². The SMILES string of the molecule is Clc1cccc(-n2nc(I)c3ccccc32)n1. The minimum Gasteiger partial charge on any atom is -0.217 e. The number of pyridine rings is 1. The first kappa shape index (κ1) is 11.0. The summed E-state index contributed by atoms with van der Waals surface area (Å²) >= 11 is 8.12. The summed E-state index contributed by atoms with van der Waals surface area (Å²) in [5.41, 5.74) is 1.03. The lowest BCUT2D eigenvalue weighted by molar-refractivity contribution is 0.864. The number of benzene rings is 1. The summed E-state index contributed by atoms with van der Waals surface area (Å²) in [5.74, 6) is 0.733. The van der Waals surface area contributed by atoms with Crippen molar-refractivity contribution in [2.75, 3.05) is 0 Å². The summed E-state index contributed by atoms with van der Waals surface area (Å²) in [6.45, 7) is 0. The van der Waals surface area contributed by atoms with Gasteiger partial charge in [0.25, 0.3) is 0 Å². The molecule has 0 aliphatic rings. The Labute approximate surface area is 117 Å². The number of aromatic nitrogens is 3. The molecule has 0 amide bonds. The quantitative estimate of drug-likeness (QED) is 0.492. The molecule has 0 atom stereocenters. The minimum absolute atomic E-state index is 0.470. The molecule has 0 aliphatic carbocycles. The first-order valence-corrected chi connectivity index (χ1v) is 6.47. The molecule has 0 fully saturated rings. The van der Waals surface area contributed by atoms with E-state index in [-0.39, 0.29) is 0 Å². The zero-order chi connectivity index (χ0) is 11.8. The highest BCUT2D eigenvalue weighted by atomic mass is 127. The van der Waals surface area contributed by atoms with Crippen LogP contribution in [0.15, 0.2) is 42.5 Å². The molecule has 5 heteroatoms. The Morgan fingerprint density at radius 1 is 1.06 bits per heavy atom. The molecule has 84 valence electrons. The van der Waals surface area contributed by atoms with E-state index >= 15 is 0 Å². The largest absolute Gasteiger partial charge is 0.217 e. The van der Waals surface area contributed by atoms with Gasteiger partial charge in [-0.25, -0.2) is 9.67 Å². The summed E-state index contributed by atoms with van der Waals surface area (Å²) < 4.78 is 2.77. The van der Waals surface area contributed by atoms with Gasteiger partial charge in [-0.2, -0.15) is 5.10 Å². The second kappa shape index (κ2) is 4.27. The van der Waals surface area contributed by atoms with E-state index in [4.69, 9.17) is 11.6 Å². The average Bonchev–Trinajstić information content (AvgIpc) is 2.68. The highest BCUT2D eigenvalue weighted by Gasteiger charge is 2.09. The number of halogens is 2. The number of hydrogen-bond donors (Lipinski definition) is 0. The number of nitrogens with zero attached hydrogens (tertiary/aromatic N) is 3. The van der Waals surface area contributed by atoms with Crippen molar-refractivity contribution < 1.29 is 0 Å². The third-order valence-corrected chi connectivity index (χ3v) is 3.47. The molecule has 2 aromatic heterocycles. The van der Waals surface area contributed by atoms with Gasteiger partial charge in [-0.05, 0) is 40.8 Å². The Morgan fingerprint density at radius 2 is 1.88 bits per heavy atom. The molecular weight excluding hydrogens is 349 g/mol. The highest BCUT2D eigenvalue weighted by molar-refractivity contribution is 14.1. The molecule has 17 heavy (non-hydrogen) atoms. The molecule has 0 N–H and O–H groups in total. The van der Waals surface area contributed by atoms with Crippen LogP contribution in [0.3, 0.4) is 0 Å². The van der Waals surface area contributed by atoms with Gasteiger partial charge in [0.05, 0.1) is 5.52 Å². The van der Waals surface area contributed by atoms with Gasteiger partial charge in [0.2, 0.25) is 0 Å². The predicted molar refractivity (Wildman–Crippen MR) is 76.6 cm³/mol. The third kappa shape index (κ3) is 1.91. The maximum atomic E-state index is 5.90. The zero-order valence-corrected chi connectivity index (χ0v) is 11.6. The lowest BCUT2D eigenvalue weighted by atomic mass is 10.2. The molecule has 0 spiro atoms. The molecule has 1 aromatic carbocycles. The maximum Gasteiger partial charge on any atom is 0.155 e. The van der Waals surface area contributed by atoms with Crippen molar-refractivity contribution in [1.29, 1.82) is 0 Å². The normalized spacial score (nSPS) is 10.9. The van der Waals surface area contributed by atoms with Gasteiger partial charge in [0.1, 0.15) is 8.85 Å². The molecule has 0 radical (unpaired) electrons. The molecular formula is C12H7ClIN3. The molecule has 3 nitrogen and oxygen atoms in total. The summed E-state index contributed by atoms with van der Waals surface area (Å²) in [5, 5.41) is 6.07. The summed E-state index contributed by atoms with van der Waals surface area (Å²) in [6, 6.07) is 13.6. The summed E-state index contributed by atoms with van der Waals surface area (Å²) in [4.78, 5) is 4.27. The van der Waals surface area contributed by atoms with Gasteiger partial charge in [0, 0.05) is 5.39 Å². The van der Waals surface area contributed by atoms with Gasteiger partial charge in [-0.1, -0.05) is 35.9 Å². The van der Waals surface area contributed by atoms with Crippen LogP contribution in [0.5, 0.6) is 0 Å². The summed E-state index contributed by atoms with van der Waals surface area (Å²) in [6.07, 6.45) is 0. The topological polar surface area (TPSA) is 30.7 Å². The van der Waals surface area contributed by atoms with E-state index in [1.54, 1.807) is 6.07 Å². The average molecular weight is 356 g/mol. The monoisotopic (exact) mass is 355 g/mol. The van der Waals surface area contributed by atoms with Crippen molar-refractivity contribution >= 4 is 45.1 Å². The van der Waals surface area contributed by atoms with Crippen LogP contribution in [0.1, 0.15) is 0 Å². The number of hydrogen-bond acceptors (Lipinski definition) is 2. The zero-order valence-electron chi connectivity index (χ0n) is 8.64. The van der Waals surface area contributed by atoms with Crippen molar-refractivity contribution in [2.45, 2.75) is 0 Å². The number of fused-ring (bicyclic) bond motifs is 1. The van der Waals surface area contributed by atoms with Crippen LogP contribution in [0.25, 0.3) is 16.7 Å². The van der Waals surface area contributed by atoms with E-state index in [1.807, 2.05) is 41.1 Å². The third-order valence-electron chi connectivity index (χ3n) is 2.46. The van der Waals surface area contributed by atoms with Crippen LogP contribution in [-0.4, -0.2) is 14.8 Å². The predicted octanol–water partition coefficient (Wildman–Crippen LogP) is 3.68. The van der Waals surface area contributed by atoms with Crippen molar-refractivity contribution in [1.82, 2.24) is 14.8 Å². The van der Waals surface area contributed by atoms with Crippen LogP contribution >= 0.6 is 34.2 Å². The Balaban J connectivity index is 2.31. The maximum absolute atomic E-state index is 5.90. The number of rotatable bonds is 1. The molecule has 0 unspecified atom stereocenters. The smallest absolute Gasteiger partial charge is 0.155 e. The van der Waals surface area contributed by atoms with E-state index < -0.39 is 0 Å². The second-order valence-electron chi connectivity index (χ2n) is 3.54. The van der Waals surface area contributed by atoms with E-state index in [0.717, 1.165) is 20.4 Å². The lowest BCUT2D eigenvalue weighted by Gasteiger charge is -2.01. The van der Waals surface area contributed by atoms with Crippen LogP contribution in [0.2, 0.25) is 5.15 Å². The second-order valence-corrected chi connectivity index (χ2v) is 4.95. The fraction of sp³-hybridized carbons (Fsp3) is 0. The van der Waals surface area contributed by atoms with Crippen molar-refractivity contribution in [3.63, 3.8) is 0 Å². The van der Waals surface area contributed by atoms with E-state index in [9.17, 15) is 0 Å². The van der Waals surface area contributed by atoms with E-state index in [2.05, 4.69) is 32.7 Å². The Hall–Kier alpha value is -1.14. The Bertz CT molecular complexity index is 693. The highest BCUT2D eigenvalue weighted by Crippen LogP contribution is 2.22. The van der Waals surface area contributed by atoms with Gasteiger partial charge < -0.3 is 0 Å².